The lowest BCUT2D eigenvalue weighted by atomic mass is 10.1. The number of aryl methyl sites for hydroxylation is 1. The third kappa shape index (κ3) is 3.13. The first-order chi connectivity index (χ1) is 9.01. The van der Waals surface area contributed by atoms with Crippen molar-refractivity contribution >= 4 is 23.2 Å². The van der Waals surface area contributed by atoms with Crippen molar-refractivity contribution in [3.8, 4) is 0 Å². The molecule has 5 nitrogen and oxygen atoms in total. The number of carboxylic acids is 1. The molecule has 1 aromatic heterocycles. The van der Waals surface area contributed by atoms with Crippen LogP contribution in [0.5, 0.6) is 0 Å². The van der Waals surface area contributed by atoms with Gasteiger partial charge in [-0.3, -0.25) is 9.59 Å². The van der Waals surface area contributed by atoms with Gasteiger partial charge in [0.25, 0.3) is 5.91 Å². The van der Waals surface area contributed by atoms with Crippen molar-refractivity contribution in [3.05, 3.63) is 21.9 Å². The Morgan fingerprint density at radius 2 is 2.26 bits per heavy atom. The third-order valence-corrected chi connectivity index (χ3v) is 4.32. The summed E-state index contributed by atoms with van der Waals surface area (Å²) in [4.78, 5) is 26.6. The van der Waals surface area contributed by atoms with Gasteiger partial charge in [0.2, 0.25) is 0 Å². The number of thiophene rings is 1. The Morgan fingerprint density at radius 1 is 1.53 bits per heavy atom. The topological polar surface area (TPSA) is 66.8 Å². The highest BCUT2D eigenvalue weighted by molar-refractivity contribution is 7.13. The van der Waals surface area contributed by atoms with Crippen LogP contribution in [0.1, 0.15) is 27.4 Å². The number of carboxylic acid groups (broad SMARTS) is 1. The SMILES string of the molecule is COC1CC(CC(=O)O)N(C(=O)c2ccc(C)s2)C1. The molecule has 104 valence electrons. The highest BCUT2D eigenvalue weighted by Gasteiger charge is 2.37. The zero-order valence-electron chi connectivity index (χ0n) is 11.0. The first kappa shape index (κ1) is 14.0. The van der Waals surface area contributed by atoms with Crippen LogP contribution in [0.2, 0.25) is 0 Å². The van der Waals surface area contributed by atoms with Gasteiger partial charge in [-0.25, -0.2) is 0 Å². The summed E-state index contributed by atoms with van der Waals surface area (Å²) in [7, 11) is 1.59. The normalized spacial score (nSPS) is 22.7. The van der Waals surface area contributed by atoms with E-state index in [2.05, 4.69) is 0 Å². The predicted octanol–water partition coefficient (Wildman–Crippen LogP) is 1.76. The zero-order valence-corrected chi connectivity index (χ0v) is 11.8. The minimum Gasteiger partial charge on any atom is -0.481 e. The van der Waals surface area contributed by atoms with E-state index >= 15 is 0 Å². The molecule has 1 fully saturated rings. The average Bonchev–Trinajstić information content (AvgIpc) is 2.94. The minimum absolute atomic E-state index is 0.0318. The molecule has 1 amide bonds. The van der Waals surface area contributed by atoms with Gasteiger partial charge in [-0.2, -0.15) is 0 Å². The second-order valence-electron chi connectivity index (χ2n) is 4.71. The molecular formula is C13H17NO4S. The van der Waals surface area contributed by atoms with Crippen molar-refractivity contribution in [2.24, 2.45) is 0 Å². The number of carbonyl (C=O) groups excluding carboxylic acids is 1. The van der Waals surface area contributed by atoms with Gasteiger partial charge >= 0.3 is 5.97 Å². The molecule has 2 atom stereocenters. The summed E-state index contributed by atoms with van der Waals surface area (Å²) in [6.45, 7) is 2.41. The van der Waals surface area contributed by atoms with Crippen molar-refractivity contribution in [3.63, 3.8) is 0 Å². The van der Waals surface area contributed by atoms with Crippen LogP contribution in [0.4, 0.5) is 0 Å². The van der Waals surface area contributed by atoms with Gasteiger partial charge < -0.3 is 14.7 Å². The number of carbonyl (C=O) groups is 2. The lowest BCUT2D eigenvalue weighted by molar-refractivity contribution is -0.137. The number of nitrogens with zero attached hydrogens (tertiary/aromatic N) is 1. The molecule has 6 heteroatoms. The molecular weight excluding hydrogens is 266 g/mol. The van der Waals surface area contributed by atoms with Crippen LogP contribution < -0.4 is 0 Å². The standard InChI is InChI=1S/C13H17NO4S/c1-8-3-4-11(19-8)13(17)14-7-10(18-2)5-9(14)6-12(15)16/h3-4,9-10H,5-7H2,1-2H3,(H,15,16). The monoisotopic (exact) mass is 283 g/mol. The van der Waals surface area contributed by atoms with Gasteiger partial charge in [0, 0.05) is 24.6 Å². The maximum absolute atomic E-state index is 12.4. The van der Waals surface area contributed by atoms with Gasteiger partial charge in [-0.05, 0) is 25.5 Å². The molecule has 2 unspecified atom stereocenters. The van der Waals surface area contributed by atoms with Crippen LogP contribution in [0, 0.1) is 6.92 Å². The van der Waals surface area contributed by atoms with Crippen molar-refractivity contribution in [2.45, 2.75) is 31.9 Å². The lowest BCUT2D eigenvalue weighted by Gasteiger charge is -2.22. The van der Waals surface area contributed by atoms with E-state index in [9.17, 15) is 9.59 Å². The fourth-order valence-corrected chi connectivity index (χ4v) is 3.20. The maximum Gasteiger partial charge on any atom is 0.305 e. The molecule has 0 radical (unpaired) electrons. The molecule has 0 saturated carbocycles. The van der Waals surface area contributed by atoms with E-state index < -0.39 is 5.97 Å². The van der Waals surface area contributed by atoms with Crippen LogP contribution >= 0.6 is 11.3 Å². The fourth-order valence-electron chi connectivity index (χ4n) is 2.38. The Kier molecular flexibility index (Phi) is 4.21. The number of likely N-dealkylation sites (tertiary alicyclic amines) is 1. The Labute approximate surface area is 115 Å². The Morgan fingerprint density at radius 3 is 2.79 bits per heavy atom. The first-order valence-electron chi connectivity index (χ1n) is 6.13. The summed E-state index contributed by atoms with van der Waals surface area (Å²) in [5.74, 6) is -0.981. The van der Waals surface area contributed by atoms with Crippen molar-refractivity contribution in [2.75, 3.05) is 13.7 Å². The molecule has 0 spiro atoms. The largest absolute Gasteiger partial charge is 0.481 e. The van der Waals surface area contributed by atoms with Crippen LogP contribution in [-0.4, -0.2) is 47.7 Å². The summed E-state index contributed by atoms with van der Waals surface area (Å²) < 4.78 is 5.26. The first-order valence-corrected chi connectivity index (χ1v) is 6.95. The number of aliphatic carboxylic acids is 1. The fraction of sp³-hybridized carbons (Fsp3) is 0.538. The zero-order chi connectivity index (χ0) is 14.0. The van der Waals surface area contributed by atoms with Gasteiger partial charge in [-0.1, -0.05) is 0 Å². The Balaban J connectivity index is 2.15. The van der Waals surface area contributed by atoms with Crippen LogP contribution in [0.25, 0.3) is 0 Å². The molecule has 2 heterocycles. The molecule has 0 bridgehead atoms. The minimum atomic E-state index is -0.887. The Hall–Kier alpha value is -1.40. The second-order valence-corrected chi connectivity index (χ2v) is 6.00. The predicted molar refractivity (Wildman–Crippen MR) is 71.5 cm³/mol. The van der Waals surface area contributed by atoms with Gasteiger partial charge in [0.05, 0.1) is 17.4 Å². The third-order valence-electron chi connectivity index (χ3n) is 3.33. The second kappa shape index (κ2) is 5.71. The number of ether oxygens (including phenoxy) is 1. The van der Waals surface area contributed by atoms with E-state index in [1.165, 1.54) is 11.3 Å². The summed E-state index contributed by atoms with van der Waals surface area (Å²) in [6.07, 6.45) is 0.476. The number of amides is 1. The molecule has 0 aromatic carbocycles. The molecule has 0 aliphatic carbocycles. The van der Waals surface area contributed by atoms with Crippen LogP contribution in [0.15, 0.2) is 12.1 Å². The highest BCUT2D eigenvalue weighted by Crippen LogP contribution is 2.26. The quantitative estimate of drug-likeness (QED) is 0.914. The maximum atomic E-state index is 12.4. The number of hydrogen-bond donors (Lipinski definition) is 1. The molecule has 2 rings (SSSR count). The van der Waals surface area contributed by atoms with E-state index in [4.69, 9.17) is 9.84 Å². The molecule has 1 N–H and O–H groups in total. The molecule has 1 aliphatic heterocycles. The lowest BCUT2D eigenvalue weighted by Crippen LogP contribution is -2.36. The molecule has 19 heavy (non-hydrogen) atoms. The number of rotatable bonds is 4. The van der Waals surface area contributed by atoms with E-state index in [0.717, 1.165) is 4.88 Å². The smallest absolute Gasteiger partial charge is 0.305 e. The van der Waals surface area contributed by atoms with Crippen LogP contribution in [-0.2, 0) is 9.53 Å². The highest BCUT2D eigenvalue weighted by atomic mass is 32.1. The number of methoxy groups -OCH3 is 1. The number of hydrogen-bond acceptors (Lipinski definition) is 4. The summed E-state index contributed by atoms with van der Waals surface area (Å²) >= 11 is 1.43. The van der Waals surface area contributed by atoms with E-state index in [1.54, 1.807) is 18.1 Å². The Bertz CT molecular complexity index is 485. The van der Waals surface area contributed by atoms with Gasteiger partial charge in [-0.15, -0.1) is 11.3 Å². The summed E-state index contributed by atoms with van der Waals surface area (Å²) in [5, 5.41) is 8.93. The van der Waals surface area contributed by atoms with E-state index in [-0.39, 0.29) is 24.5 Å². The molecule has 1 saturated heterocycles. The van der Waals surface area contributed by atoms with Crippen molar-refractivity contribution < 1.29 is 19.4 Å². The average molecular weight is 283 g/mol. The van der Waals surface area contributed by atoms with Gasteiger partial charge in [0.1, 0.15) is 0 Å². The summed E-state index contributed by atoms with van der Waals surface area (Å²) in [6, 6.07) is 3.41. The van der Waals surface area contributed by atoms with E-state index in [0.29, 0.717) is 17.8 Å². The van der Waals surface area contributed by atoms with Crippen molar-refractivity contribution in [1.29, 1.82) is 0 Å². The molecule has 1 aromatic rings. The summed E-state index contributed by atoms with van der Waals surface area (Å²) in [5.41, 5.74) is 0. The van der Waals surface area contributed by atoms with E-state index in [1.807, 2.05) is 13.0 Å². The van der Waals surface area contributed by atoms with Crippen LogP contribution in [0.3, 0.4) is 0 Å². The van der Waals surface area contributed by atoms with Crippen molar-refractivity contribution in [1.82, 2.24) is 4.90 Å². The van der Waals surface area contributed by atoms with Gasteiger partial charge in [0.15, 0.2) is 0 Å². The molecule has 1 aliphatic rings.